The van der Waals surface area contributed by atoms with E-state index in [4.69, 9.17) is 4.74 Å². The molecule has 102 valence electrons. The van der Waals surface area contributed by atoms with E-state index < -0.39 is 0 Å². The molecule has 0 unspecified atom stereocenters. The minimum atomic E-state index is -0.341. The van der Waals surface area contributed by atoms with E-state index in [2.05, 4.69) is 6.92 Å². The summed E-state index contributed by atoms with van der Waals surface area (Å²) >= 11 is 0. The van der Waals surface area contributed by atoms with E-state index >= 15 is 0 Å². The minimum absolute atomic E-state index is 0.156. The summed E-state index contributed by atoms with van der Waals surface area (Å²) in [5, 5.41) is 0. The average molecular weight is 260 g/mol. The summed E-state index contributed by atoms with van der Waals surface area (Å²) in [5.41, 5.74) is 1.57. The lowest BCUT2D eigenvalue weighted by Gasteiger charge is -2.07. The van der Waals surface area contributed by atoms with Crippen LogP contribution in [0.1, 0.15) is 60.2 Å². The molecule has 2 rings (SSSR count). The Balaban J connectivity index is 1.93. The molecule has 0 radical (unpaired) electrons. The second kappa shape index (κ2) is 5.55. The molecule has 1 aliphatic carbocycles. The lowest BCUT2D eigenvalue weighted by molar-refractivity contribution is 0.0526. The van der Waals surface area contributed by atoms with E-state index in [9.17, 15) is 9.59 Å². The van der Waals surface area contributed by atoms with Crippen molar-refractivity contribution in [3.05, 3.63) is 35.4 Å². The molecule has 1 aliphatic rings. The topological polar surface area (TPSA) is 43.4 Å². The van der Waals surface area contributed by atoms with Gasteiger partial charge < -0.3 is 4.74 Å². The molecule has 0 aliphatic heterocycles. The monoisotopic (exact) mass is 260 g/mol. The lowest BCUT2D eigenvalue weighted by Crippen LogP contribution is -2.06. The fourth-order valence-corrected chi connectivity index (χ4v) is 2.03. The third-order valence-corrected chi connectivity index (χ3v) is 3.78. The second-order valence-electron chi connectivity index (χ2n) is 5.53. The molecule has 0 amide bonds. The molecule has 3 heteroatoms. The molecule has 0 N–H and O–H groups in total. The van der Waals surface area contributed by atoms with Gasteiger partial charge in [-0.1, -0.05) is 19.1 Å². The molecular formula is C16H20O3. The number of carbonyl (C=O) groups is 2. The first-order valence-electron chi connectivity index (χ1n) is 6.84. The van der Waals surface area contributed by atoms with Gasteiger partial charge in [0.25, 0.3) is 0 Å². The van der Waals surface area contributed by atoms with Crippen molar-refractivity contribution in [2.45, 2.75) is 39.5 Å². The van der Waals surface area contributed by atoms with Crippen LogP contribution in [0.4, 0.5) is 0 Å². The van der Waals surface area contributed by atoms with Gasteiger partial charge in [-0.2, -0.15) is 0 Å². The summed E-state index contributed by atoms with van der Waals surface area (Å²) in [5.74, 6) is -0.185. The van der Waals surface area contributed by atoms with Gasteiger partial charge in [-0.05, 0) is 43.7 Å². The Labute approximate surface area is 114 Å². The SMILES string of the molecule is CCOC(=O)c1ccc(C(=O)CCC2(C)CC2)cc1. The molecule has 0 bridgehead atoms. The molecule has 3 nitrogen and oxygen atoms in total. The van der Waals surface area contributed by atoms with Gasteiger partial charge in [-0.15, -0.1) is 0 Å². The van der Waals surface area contributed by atoms with Crippen molar-refractivity contribution >= 4 is 11.8 Å². The first-order valence-corrected chi connectivity index (χ1v) is 6.84. The van der Waals surface area contributed by atoms with E-state index in [1.54, 1.807) is 31.2 Å². The number of ether oxygens (including phenoxy) is 1. The number of hydrogen-bond donors (Lipinski definition) is 0. The number of ketones is 1. The van der Waals surface area contributed by atoms with Crippen LogP contribution in [0.2, 0.25) is 0 Å². The van der Waals surface area contributed by atoms with Crippen molar-refractivity contribution in [2.75, 3.05) is 6.61 Å². The summed E-state index contributed by atoms with van der Waals surface area (Å²) in [7, 11) is 0. The maximum atomic E-state index is 12.0. The van der Waals surface area contributed by atoms with Gasteiger partial charge in [0.1, 0.15) is 0 Å². The zero-order valence-electron chi connectivity index (χ0n) is 11.6. The van der Waals surface area contributed by atoms with E-state index in [1.165, 1.54) is 12.8 Å². The molecule has 0 heterocycles. The van der Waals surface area contributed by atoms with Crippen LogP contribution >= 0.6 is 0 Å². The number of hydrogen-bond acceptors (Lipinski definition) is 3. The first-order chi connectivity index (χ1) is 9.04. The van der Waals surface area contributed by atoms with Crippen LogP contribution in [0, 0.1) is 5.41 Å². The van der Waals surface area contributed by atoms with Crippen molar-refractivity contribution in [1.29, 1.82) is 0 Å². The van der Waals surface area contributed by atoms with E-state index in [0.29, 0.717) is 29.6 Å². The highest BCUT2D eigenvalue weighted by Gasteiger charge is 2.36. The third kappa shape index (κ3) is 3.66. The molecule has 0 aromatic heterocycles. The molecule has 0 atom stereocenters. The van der Waals surface area contributed by atoms with Crippen LogP contribution in [-0.4, -0.2) is 18.4 Å². The van der Waals surface area contributed by atoms with Crippen molar-refractivity contribution < 1.29 is 14.3 Å². The molecular weight excluding hydrogens is 240 g/mol. The van der Waals surface area contributed by atoms with E-state index in [0.717, 1.165) is 6.42 Å². The molecule has 1 aromatic rings. The smallest absolute Gasteiger partial charge is 0.338 e. The molecule has 1 fully saturated rings. The Morgan fingerprint density at radius 2 is 1.74 bits per heavy atom. The fourth-order valence-electron chi connectivity index (χ4n) is 2.03. The standard InChI is InChI=1S/C16H20O3/c1-3-19-15(18)13-6-4-12(5-7-13)14(17)8-9-16(2)10-11-16/h4-7H,3,8-11H2,1-2H3. The van der Waals surface area contributed by atoms with Gasteiger partial charge in [0.15, 0.2) is 5.78 Å². The fraction of sp³-hybridized carbons (Fsp3) is 0.500. The molecule has 0 spiro atoms. The maximum Gasteiger partial charge on any atom is 0.338 e. The normalized spacial score (nSPS) is 15.9. The Bertz CT molecular complexity index is 469. The second-order valence-corrected chi connectivity index (χ2v) is 5.53. The Kier molecular flexibility index (Phi) is 4.03. The van der Waals surface area contributed by atoms with Crippen LogP contribution in [-0.2, 0) is 4.74 Å². The maximum absolute atomic E-state index is 12.0. The van der Waals surface area contributed by atoms with Crippen LogP contribution in [0.3, 0.4) is 0 Å². The average Bonchev–Trinajstić information content (AvgIpc) is 3.15. The van der Waals surface area contributed by atoms with E-state index in [-0.39, 0.29) is 11.8 Å². The number of Topliss-reactive ketones (excluding diaryl/α,β-unsaturated/α-hetero) is 1. The highest BCUT2D eigenvalue weighted by Crippen LogP contribution is 2.49. The van der Waals surface area contributed by atoms with Gasteiger partial charge in [-0.25, -0.2) is 4.79 Å². The number of carbonyl (C=O) groups excluding carboxylic acids is 2. The van der Waals surface area contributed by atoms with Gasteiger partial charge in [0, 0.05) is 12.0 Å². The number of benzene rings is 1. The largest absolute Gasteiger partial charge is 0.462 e. The molecule has 1 saturated carbocycles. The predicted octanol–water partition coefficient (Wildman–Crippen LogP) is 3.63. The summed E-state index contributed by atoms with van der Waals surface area (Å²) in [6.07, 6.45) is 4.03. The Morgan fingerprint density at radius 3 is 2.26 bits per heavy atom. The van der Waals surface area contributed by atoms with Gasteiger partial charge in [0.2, 0.25) is 0 Å². The Morgan fingerprint density at radius 1 is 1.16 bits per heavy atom. The summed E-state index contributed by atoms with van der Waals surface area (Å²) in [6.45, 7) is 4.36. The van der Waals surface area contributed by atoms with Crippen LogP contribution in [0.25, 0.3) is 0 Å². The summed E-state index contributed by atoms with van der Waals surface area (Å²) in [6, 6.07) is 6.74. The van der Waals surface area contributed by atoms with Gasteiger partial charge in [0.05, 0.1) is 12.2 Å². The molecule has 19 heavy (non-hydrogen) atoms. The number of rotatable bonds is 6. The molecule has 1 aromatic carbocycles. The van der Waals surface area contributed by atoms with Crippen LogP contribution in [0.15, 0.2) is 24.3 Å². The van der Waals surface area contributed by atoms with Crippen LogP contribution in [0.5, 0.6) is 0 Å². The van der Waals surface area contributed by atoms with Crippen molar-refractivity contribution in [2.24, 2.45) is 5.41 Å². The van der Waals surface area contributed by atoms with E-state index in [1.807, 2.05) is 0 Å². The summed E-state index contributed by atoms with van der Waals surface area (Å²) in [4.78, 5) is 23.5. The minimum Gasteiger partial charge on any atom is -0.462 e. The van der Waals surface area contributed by atoms with Gasteiger partial charge in [-0.3, -0.25) is 4.79 Å². The predicted molar refractivity (Wildman–Crippen MR) is 73.3 cm³/mol. The summed E-state index contributed by atoms with van der Waals surface area (Å²) < 4.78 is 4.90. The van der Waals surface area contributed by atoms with Crippen LogP contribution < -0.4 is 0 Å². The highest BCUT2D eigenvalue weighted by atomic mass is 16.5. The third-order valence-electron chi connectivity index (χ3n) is 3.78. The number of esters is 1. The molecule has 0 saturated heterocycles. The van der Waals surface area contributed by atoms with Crippen molar-refractivity contribution in [3.63, 3.8) is 0 Å². The quantitative estimate of drug-likeness (QED) is 0.579. The zero-order valence-corrected chi connectivity index (χ0v) is 11.6. The lowest BCUT2D eigenvalue weighted by atomic mass is 9.97. The van der Waals surface area contributed by atoms with Gasteiger partial charge >= 0.3 is 5.97 Å². The Hall–Kier alpha value is -1.64. The van der Waals surface area contributed by atoms with Crippen molar-refractivity contribution in [3.8, 4) is 0 Å². The first kappa shape index (κ1) is 13.8. The zero-order chi connectivity index (χ0) is 13.9. The highest BCUT2D eigenvalue weighted by molar-refractivity contribution is 5.97. The van der Waals surface area contributed by atoms with Crippen molar-refractivity contribution in [1.82, 2.24) is 0 Å².